The van der Waals surface area contributed by atoms with Gasteiger partial charge in [0.2, 0.25) is 5.91 Å². The largest absolute Gasteiger partial charge is 0.348 e. The van der Waals surface area contributed by atoms with Crippen molar-refractivity contribution in [2.45, 2.75) is 33.1 Å². The Kier molecular flexibility index (Phi) is 5.16. The Morgan fingerprint density at radius 1 is 1.27 bits per heavy atom. The lowest BCUT2D eigenvalue weighted by atomic mass is 9.85. The molecule has 0 bridgehead atoms. The summed E-state index contributed by atoms with van der Waals surface area (Å²) < 4.78 is 14.3. The molecule has 2 aromatic carbocycles. The zero-order valence-electron chi connectivity index (χ0n) is 15.1. The summed E-state index contributed by atoms with van der Waals surface area (Å²) >= 11 is 0. The lowest BCUT2D eigenvalue weighted by Crippen LogP contribution is -2.10. The van der Waals surface area contributed by atoms with E-state index in [-0.39, 0.29) is 17.5 Å². The molecule has 1 heterocycles. The Morgan fingerprint density at radius 2 is 2.08 bits per heavy atom. The molecular weight excluding hydrogens is 329 g/mol. The number of halogens is 1. The third-order valence-electron chi connectivity index (χ3n) is 4.70. The van der Waals surface area contributed by atoms with Crippen LogP contribution in [0.3, 0.4) is 0 Å². The molecule has 0 spiro atoms. The fourth-order valence-corrected chi connectivity index (χ4v) is 3.21. The number of aromatic amines is 1. The van der Waals surface area contributed by atoms with Crippen molar-refractivity contribution in [1.29, 1.82) is 0 Å². The second-order valence-corrected chi connectivity index (χ2v) is 6.55. The number of benzene rings is 2. The molecule has 1 atom stereocenters. The fraction of sp³-hybridized carbons (Fsp3) is 0.238. The van der Waals surface area contributed by atoms with Gasteiger partial charge in [-0.1, -0.05) is 24.3 Å². The number of hydrogen-bond donors (Lipinski definition) is 2. The van der Waals surface area contributed by atoms with Crippen LogP contribution in [-0.4, -0.2) is 15.9 Å². The number of imidazole rings is 1. The molecule has 5 heteroatoms. The minimum atomic E-state index is -0.429. The van der Waals surface area contributed by atoms with E-state index in [9.17, 15) is 9.18 Å². The molecule has 0 saturated heterocycles. The standard InChI is InChI=1S/C21H22FN3O/c1-13-5-4-6-17(14(13)2)18(21-11-23-12-24-21)9-16-7-8-20(19(22)10-16)25-15(3)26/h4-8,10-12,18H,9H2,1-3H3,(H,23,24)(H,25,26). The summed E-state index contributed by atoms with van der Waals surface area (Å²) in [5, 5.41) is 2.50. The zero-order chi connectivity index (χ0) is 18.7. The van der Waals surface area contributed by atoms with Gasteiger partial charge < -0.3 is 10.3 Å². The highest BCUT2D eigenvalue weighted by Gasteiger charge is 2.19. The van der Waals surface area contributed by atoms with Crippen molar-refractivity contribution >= 4 is 11.6 Å². The van der Waals surface area contributed by atoms with Crippen LogP contribution in [0.5, 0.6) is 0 Å². The molecule has 3 aromatic rings. The molecule has 0 aliphatic rings. The quantitative estimate of drug-likeness (QED) is 0.711. The number of anilines is 1. The lowest BCUT2D eigenvalue weighted by molar-refractivity contribution is -0.114. The van der Waals surface area contributed by atoms with E-state index < -0.39 is 5.82 Å². The van der Waals surface area contributed by atoms with E-state index in [4.69, 9.17) is 0 Å². The van der Waals surface area contributed by atoms with Crippen LogP contribution in [0.25, 0.3) is 0 Å². The summed E-state index contributed by atoms with van der Waals surface area (Å²) in [5.74, 6) is -0.673. The first-order chi connectivity index (χ1) is 12.5. The van der Waals surface area contributed by atoms with Crippen molar-refractivity contribution in [2.75, 3.05) is 5.32 Å². The smallest absolute Gasteiger partial charge is 0.221 e. The predicted molar refractivity (Wildman–Crippen MR) is 101 cm³/mol. The van der Waals surface area contributed by atoms with Crippen LogP contribution in [0.2, 0.25) is 0 Å². The fourth-order valence-electron chi connectivity index (χ4n) is 3.21. The Bertz CT molecular complexity index is 919. The van der Waals surface area contributed by atoms with E-state index >= 15 is 0 Å². The zero-order valence-corrected chi connectivity index (χ0v) is 15.1. The van der Waals surface area contributed by atoms with Gasteiger partial charge in [0.1, 0.15) is 5.82 Å². The van der Waals surface area contributed by atoms with Crippen molar-refractivity contribution in [3.05, 3.63) is 82.7 Å². The van der Waals surface area contributed by atoms with Crippen LogP contribution in [0.4, 0.5) is 10.1 Å². The first kappa shape index (κ1) is 17.9. The molecule has 1 aromatic heterocycles. The molecule has 0 radical (unpaired) electrons. The molecule has 134 valence electrons. The highest BCUT2D eigenvalue weighted by molar-refractivity contribution is 5.88. The third-order valence-corrected chi connectivity index (χ3v) is 4.70. The molecule has 1 amide bonds. The average Bonchev–Trinajstić information content (AvgIpc) is 3.12. The monoisotopic (exact) mass is 351 g/mol. The maximum atomic E-state index is 14.3. The number of rotatable bonds is 5. The molecule has 1 unspecified atom stereocenters. The molecule has 26 heavy (non-hydrogen) atoms. The van der Waals surface area contributed by atoms with Crippen LogP contribution in [0, 0.1) is 19.7 Å². The highest BCUT2D eigenvalue weighted by atomic mass is 19.1. The number of nitrogens with zero attached hydrogens (tertiary/aromatic N) is 1. The van der Waals surface area contributed by atoms with Crippen molar-refractivity contribution < 1.29 is 9.18 Å². The number of carbonyl (C=O) groups is 1. The summed E-state index contributed by atoms with van der Waals surface area (Å²) in [7, 11) is 0. The lowest BCUT2D eigenvalue weighted by Gasteiger charge is -2.20. The van der Waals surface area contributed by atoms with E-state index in [1.807, 2.05) is 18.3 Å². The van der Waals surface area contributed by atoms with Gasteiger partial charge in [0, 0.05) is 24.7 Å². The first-order valence-electron chi connectivity index (χ1n) is 8.56. The Balaban J connectivity index is 1.96. The average molecular weight is 351 g/mol. The normalized spacial score (nSPS) is 12.0. The van der Waals surface area contributed by atoms with Crippen LogP contribution < -0.4 is 5.32 Å². The molecule has 2 N–H and O–H groups in total. The van der Waals surface area contributed by atoms with Gasteiger partial charge in [-0.25, -0.2) is 9.37 Å². The summed E-state index contributed by atoms with van der Waals surface area (Å²) in [5.41, 5.74) is 5.69. The topological polar surface area (TPSA) is 57.8 Å². The van der Waals surface area contributed by atoms with Crippen LogP contribution in [0.15, 0.2) is 48.9 Å². The van der Waals surface area contributed by atoms with Crippen molar-refractivity contribution in [3.63, 3.8) is 0 Å². The Hall–Kier alpha value is -2.95. The van der Waals surface area contributed by atoms with Crippen LogP contribution in [-0.2, 0) is 11.2 Å². The molecule has 4 nitrogen and oxygen atoms in total. The van der Waals surface area contributed by atoms with E-state index in [2.05, 4.69) is 41.3 Å². The third kappa shape index (κ3) is 3.82. The van der Waals surface area contributed by atoms with Gasteiger partial charge in [-0.05, 0) is 54.7 Å². The van der Waals surface area contributed by atoms with Gasteiger partial charge in [0.15, 0.2) is 0 Å². The van der Waals surface area contributed by atoms with Crippen molar-refractivity contribution in [3.8, 4) is 0 Å². The summed E-state index contributed by atoms with van der Waals surface area (Å²) in [6.07, 6.45) is 4.10. The number of carbonyl (C=O) groups excluding carboxylic acids is 1. The summed E-state index contributed by atoms with van der Waals surface area (Å²) in [6.45, 7) is 5.56. The molecule has 3 rings (SSSR count). The summed E-state index contributed by atoms with van der Waals surface area (Å²) in [6, 6.07) is 11.2. The van der Waals surface area contributed by atoms with Gasteiger partial charge >= 0.3 is 0 Å². The van der Waals surface area contributed by atoms with Gasteiger partial charge in [-0.2, -0.15) is 0 Å². The van der Waals surface area contributed by atoms with Crippen LogP contribution >= 0.6 is 0 Å². The Labute approximate surface area is 152 Å². The molecular formula is C21H22FN3O. The van der Waals surface area contributed by atoms with E-state index in [1.54, 1.807) is 12.4 Å². The highest BCUT2D eigenvalue weighted by Crippen LogP contribution is 2.31. The minimum Gasteiger partial charge on any atom is -0.348 e. The maximum Gasteiger partial charge on any atom is 0.221 e. The predicted octanol–water partition coefficient (Wildman–Crippen LogP) is 4.50. The first-order valence-corrected chi connectivity index (χ1v) is 8.56. The number of hydrogen-bond acceptors (Lipinski definition) is 2. The number of nitrogens with one attached hydrogen (secondary N) is 2. The van der Waals surface area contributed by atoms with Gasteiger partial charge in [0.25, 0.3) is 0 Å². The van der Waals surface area contributed by atoms with Crippen molar-refractivity contribution in [1.82, 2.24) is 9.97 Å². The molecule has 0 aliphatic heterocycles. The molecule has 0 aliphatic carbocycles. The maximum absolute atomic E-state index is 14.3. The second-order valence-electron chi connectivity index (χ2n) is 6.55. The molecule has 0 saturated carbocycles. The van der Waals surface area contributed by atoms with Gasteiger partial charge in [0.05, 0.1) is 12.0 Å². The number of amides is 1. The van der Waals surface area contributed by atoms with E-state index in [0.29, 0.717) is 6.42 Å². The minimum absolute atomic E-state index is 0.0448. The second kappa shape index (κ2) is 7.52. The summed E-state index contributed by atoms with van der Waals surface area (Å²) in [4.78, 5) is 18.5. The van der Waals surface area contributed by atoms with E-state index in [1.165, 1.54) is 29.7 Å². The SMILES string of the molecule is CC(=O)Nc1ccc(CC(c2cnc[nH]2)c2cccc(C)c2C)cc1F. The molecule has 0 fully saturated rings. The number of H-pyrrole nitrogens is 1. The number of aromatic nitrogens is 2. The van der Waals surface area contributed by atoms with E-state index in [0.717, 1.165) is 11.3 Å². The van der Waals surface area contributed by atoms with Gasteiger partial charge in [-0.3, -0.25) is 4.79 Å². The Morgan fingerprint density at radius 3 is 2.73 bits per heavy atom. The van der Waals surface area contributed by atoms with Crippen molar-refractivity contribution in [2.24, 2.45) is 0 Å². The van der Waals surface area contributed by atoms with Gasteiger partial charge in [-0.15, -0.1) is 0 Å². The number of aryl methyl sites for hydroxylation is 1. The van der Waals surface area contributed by atoms with Crippen LogP contribution in [0.1, 0.15) is 40.8 Å².